The van der Waals surface area contributed by atoms with Crippen LogP contribution in [0.5, 0.6) is 0 Å². The Hall–Kier alpha value is -1.40. The summed E-state index contributed by atoms with van der Waals surface area (Å²) >= 11 is 3.31. The number of primary amides is 1. The zero-order valence-electron chi connectivity index (χ0n) is 10.2. The van der Waals surface area contributed by atoms with E-state index < -0.39 is 11.9 Å². The van der Waals surface area contributed by atoms with E-state index in [2.05, 4.69) is 21.2 Å². The van der Waals surface area contributed by atoms with E-state index in [4.69, 9.17) is 10.5 Å². The maximum Gasteiger partial charge on any atom is 0.252 e. The van der Waals surface area contributed by atoms with Gasteiger partial charge >= 0.3 is 0 Å². The number of benzene rings is 1. The first kappa shape index (κ1) is 14.7. The largest absolute Gasteiger partial charge is 0.382 e. The van der Waals surface area contributed by atoms with Gasteiger partial charge < -0.3 is 15.8 Å². The lowest BCUT2D eigenvalue weighted by molar-refractivity contribution is -0.121. The van der Waals surface area contributed by atoms with Crippen LogP contribution in [0, 0.1) is 6.92 Å². The molecule has 0 aliphatic rings. The Bertz CT molecular complexity index is 442. The maximum atomic E-state index is 11.9. The normalized spacial score (nSPS) is 11.9. The summed E-state index contributed by atoms with van der Waals surface area (Å²) in [7, 11) is 1.44. The second-order valence-electron chi connectivity index (χ2n) is 3.90. The van der Waals surface area contributed by atoms with E-state index in [1.165, 1.54) is 7.11 Å². The SMILES string of the molecule is COCC(NC(=O)c1cc(C)cc(Br)c1)C(N)=O. The zero-order valence-corrected chi connectivity index (χ0v) is 11.8. The standard InChI is InChI=1S/C12H15BrN2O3/c1-7-3-8(5-9(13)4-7)12(17)15-10(6-18-2)11(14)16/h3-5,10H,6H2,1-2H3,(H2,14,16)(H,15,17). The predicted octanol–water partition coefficient (Wildman–Crippen LogP) is 0.988. The molecule has 1 rings (SSSR count). The Labute approximate surface area is 114 Å². The van der Waals surface area contributed by atoms with Crippen molar-refractivity contribution in [2.24, 2.45) is 5.73 Å². The molecule has 0 radical (unpaired) electrons. The van der Waals surface area contributed by atoms with E-state index in [0.29, 0.717) is 5.56 Å². The lowest BCUT2D eigenvalue weighted by atomic mass is 10.1. The third-order valence-corrected chi connectivity index (χ3v) is 2.74. The fraction of sp³-hybridized carbons (Fsp3) is 0.333. The van der Waals surface area contributed by atoms with Crippen molar-refractivity contribution in [1.29, 1.82) is 0 Å². The number of carbonyl (C=O) groups excluding carboxylic acids is 2. The minimum absolute atomic E-state index is 0.0497. The number of nitrogens with one attached hydrogen (secondary N) is 1. The third kappa shape index (κ3) is 4.12. The summed E-state index contributed by atoms with van der Waals surface area (Å²) in [6, 6.07) is 4.46. The smallest absolute Gasteiger partial charge is 0.252 e. The Morgan fingerprint density at radius 3 is 2.61 bits per heavy atom. The second kappa shape index (κ2) is 6.51. The third-order valence-electron chi connectivity index (χ3n) is 2.29. The van der Waals surface area contributed by atoms with Crippen molar-refractivity contribution in [1.82, 2.24) is 5.32 Å². The summed E-state index contributed by atoms with van der Waals surface area (Å²) < 4.78 is 5.63. The van der Waals surface area contributed by atoms with E-state index in [9.17, 15) is 9.59 Å². The molecule has 0 aliphatic heterocycles. The summed E-state index contributed by atoms with van der Waals surface area (Å²) in [5.41, 5.74) is 6.57. The Morgan fingerprint density at radius 1 is 1.44 bits per heavy atom. The van der Waals surface area contributed by atoms with Crippen LogP contribution < -0.4 is 11.1 Å². The molecule has 1 aromatic carbocycles. The molecule has 0 bridgehead atoms. The van der Waals surface area contributed by atoms with Crippen LogP contribution >= 0.6 is 15.9 Å². The van der Waals surface area contributed by atoms with Crippen LogP contribution in [0.25, 0.3) is 0 Å². The Morgan fingerprint density at radius 2 is 2.11 bits per heavy atom. The first-order chi connectivity index (χ1) is 8.43. The van der Waals surface area contributed by atoms with Crippen LogP contribution in [0.2, 0.25) is 0 Å². The van der Waals surface area contributed by atoms with E-state index in [1.54, 1.807) is 12.1 Å². The van der Waals surface area contributed by atoms with Crippen LogP contribution in [0.15, 0.2) is 22.7 Å². The Kier molecular flexibility index (Phi) is 5.30. The first-order valence-corrected chi connectivity index (χ1v) is 6.09. The molecular weight excluding hydrogens is 300 g/mol. The molecular formula is C12H15BrN2O3. The van der Waals surface area contributed by atoms with Crippen molar-refractivity contribution < 1.29 is 14.3 Å². The van der Waals surface area contributed by atoms with Crippen molar-refractivity contribution in [3.63, 3.8) is 0 Å². The highest BCUT2D eigenvalue weighted by Crippen LogP contribution is 2.15. The fourth-order valence-corrected chi connectivity index (χ4v) is 2.08. The number of methoxy groups -OCH3 is 1. The molecule has 0 saturated heterocycles. The van der Waals surface area contributed by atoms with Gasteiger partial charge in [-0.1, -0.05) is 15.9 Å². The second-order valence-corrected chi connectivity index (χ2v) is 4.82. The molecule has 18 heavy (non-hydrogen) atoms. The van der Waals surface area contributed by atoms with Gasteiger partial charge in [0, 0.05) is 17.1 Å². The van der Waals surface area contributed by atoms with Gasteiger partial charge in [0.2, 0.25) is 5.91 Å². The zero-order chi connectivity index (χ0) is 13.7. The summed E-state index contributed by atoms with van der Waals surface area (Å²) in [5, 5.41) is 2.53. The summed E-state index contributed by atoms with van der Waals surface area (Å²) in [6.45, 7) is 1.93. The van der Waals surface area contributed by atoms with Crippen molar-refractivity contribution in [2.45, 2.75) is 13.0 Å². The van der Waals surface area contributed by atoms with E-state index >= 15 is 0 Å². The van der Waals surface area contributed by atoms with Gasteiger partial charge in [0.1, 0.15) is 6.04 Å². The fourth-order valence-electron chi connectivity index (χ4n) is 1.47. The number of carbonyl (C=O) groups is 2. The average Bonchev–Trinajstić information content (AvgIpc) is 2.26. The lowest BCUT2D eigenvalue weighted by Gasteiger charge is -2.14. The van der Waals surface area contributed by atoms with Crippen LogP contribution in [0.3, 0.4) is 0 Å². The minimum Gasteiger partial charge on any atom is -0.382 e. The van der Waals surface area contributed by atoms with E-state index in [1.807, 2.05) is 13.0 Å². The van der Waals surface area contributed by atoms with Crippen LogP contribution in [-0.4, -0.2) is 31.6 Å². The number of nitrogens with two attached hydrogens (primary N) is 1. The quantitative estimate of drug-likeness (QED) is 0.850. The molecule has 0 spiro atoms. The van der Waals surface area contributed by atoms with Gasteiger partial charge in [-0.05, 0) is 30.7 Å². The number of halogens is 1. The molecule has 6 heteroatoms. The highest BCUT2D eigenvalue weighted by atomic mass is 79.9. The average molecular weight is 315 g/mol. The molecule has 3 N–H and O–H groups in total. The molecule has 98 valence electrons. The molecule has 1 unspecified atom stereocenters. The van der Waals surface area contributed by atoms with Gasteiger partial charge in [-0.3, -0.25) is 9.59 Å². The number of aryl methyl sites for hydroxylation is 1. The number of amides is 2. The maximum absolute atomic E-state index is 11.9. The van der Waals surface area contributed by atoms with Crippen LogP contribution in [0.1, 0.15) is 15.9 Å². The Balaban J connectivity index is 2.83. The number of hydrogen-bond donors (Lipinski definition) is 2. The number of rotatable bonds is 5. The van der Waals surface area contributed by atoms with E-state index in [0.717, 1.165) is 10.0 Å². The molecule has 1 atom stereocenters. The molecule has 0 fully saturated rings. The van der Waals surface area contributed by atoms with Gasteiger partial charge in [0.05, 0.1) is 6.61 Å². The lowest BCUT2D eigenvalue weighted by Crippen LogP contribution is -2.47. The molecule has 5 nitrogen and oxygen atoms in total. The van der Waals surface area contributed by atoms with Crippen molar-refractivity contribution in [2.75, 3.05) is 13.7 Å². The highest BCUT2D eigenvalue weighted by Gasteiger charge is 2.18. The van der Waals surface area contributed by atoms with Crippen molar-refractivity contribution in [3.8, 4) is 0 Å². The van der Waals surface area contributed by atoms with E-state index in [-0.39, 0.29) is 12.5 Å². The number of ether oxygens (including phenoxy) is 1. The summed E-state index contributed by atoms with van der Waals surface area (Å²) in [4.78, 5) is 23.1. The van der Waals surface area contributed by atoms with Crippen LogP contribution in [0.4, 0.5) is 0 Å². The van der Waals surface area contributed by atoms with Gasteiger partial charge in [-0.15, -0.1) is 0 Å². The number of hydrogen-bond acceptors (Lipinski definition) is 3. The first-order valence-electron chi connectivity index (χ1n) is 5.30. The minimum atomic E-state index is -0.832. The van der Waals surface area contributed by atoms with Gasteiger partial charge in [0.15, 0.2) is 0 Å². The van der Waals surface area contributed by atoms with Gasteiger partial charge in [0.25, 0.3) is 5.91 Å². The van der Waals surface area contributed by atoms with Crippen LogP contribution in [-0.2, 0) is 9.53 Å². The van der Waals surface area contributed by atoms with Crippen molar-refractivity contribution >= 4 is 27.7 Å². The molecule has 0 aromatic heterocycles. The topological polar surface area (TPSA) is 81.4 Å². The monoisotopic (exact) mass is 314 g/mol. The molecule has 0 saturated carbocycles. The molecule has 0 heterocycles. The highest BCUT2D eigenvalue weighted by molar-refractivity contribution is 9.10. The van der Waals surface area contributed by atoms with Gasteiger partial charge in [-0.25, -0.2) is 0 Å². The summed E-state index contributed by atoms with van der Waals surface area (Å²) in [5.74, 6) is -0.989. The molecule has 1 aromatic rings. The summed E-state index contributed by atoms with van der Waals surface area (Å²) in [6.07, 6.45) is 0. The van der Waals surface area contributed by atoms with Gasteiger partial charge in [-0.2, -0.15) is 0 Å². The molecule has 0 aliphatic carbocycles. The predicted molar refractivity (Wildman–Crippen MR) is 71.2 cm³/mol. The molecule has 2 amide bonds. The van der Waals surface area contributed by atoms with Crippen molar-refractivity contribution in [3.05, 3.63) is 33.8 Å².